The molecule has 1 aromatic rings. The van der Waals surface area contributed by atoms with Gasteiger partial charge in [-0.3, -0.25) is 4.68 Å². The van der Waals surface area contributed by atoms with Gasteiger partial charge in [-0.2, -0.15) is 5.10 Å². The van der Waals surface area contributed by atoms with Crippen molar-refractivity contribution in [2.45, 2.75) is 44.8 Å². The van der Waals surface area contributed by atoms with E-state index in [-0.39, 0.29) is 6.61 Å². The van der Waals surface area contributed by atoms with E-state index in [1.54, 1.807) is 0 Å². The van der Waals surface area contributed by atoms with Crippen LogP contribution in [-0.4, -0.2) is 28.0 Å². The van der Waals surface area contributed by atoms with Crippen LogP contribution in [0.3, 0.4) is 0 Å². The molecule has 1 aromatic heterocycles. The number of hydrogen-bond donors (Lipinski definition) is 2. The van der Waals surface area contributed by atoms with Crippen molar-refractivity contribution < 1.29 is 5.11 Å². The lowest BCUT2D eigenvalue weighted by molar-refractivity contribution is 0.266. The van der Waals surface area contributed by atoms with Gasteiger partial charge in [0.05, 0.1) is 18.0 Å². The summed E-state index contributed by atoms with van der Waals surface area (Å²) in [5.41, 5.74) is 2.15. The van der Waals surface area contributed by atoms with Crippen LogP contribution in [0.25, 0.3) is 0 Å². The zero-order valence-corrected chi connectivity index (χ0v) is 10.2. The van der Waals surface area contributed by atoms with Gasteiger partial charge in [0.15, 0.2) is 0 Å². The highest BCUT2D eigenvalue weighted by Crippen LogP contribution is 2.31. The Morgan fingerprint density at radius 1 is 1.41 bits per heavy atom. The van der Waals surface area contributed by atoms with Crippen molar-refractivity contribution in [2.24, 2.45) is 5.92 Å². The van der Waals surface area contributed by atoms with Gasteiger partial charge in [0.25, 0.3) is 0 Å². The molecular weight excluding hydrogens is 214 g/mol. The van der Waals surface area contributed by atoms with Gasteiger partial charge in [-0.05, 0) is 44.2 Å². The SMILES string of the molecule is OCc1cc(C2CCCNC2)nn1CC1CC1. The smallest absolute Gasteiger partial charge is 0.0849 e. The zero-order valence-electron chi connectivity index (χ0n) is 10.2. The summed E-state index contributed by atoms with van der Waals surface area (Å²) in [7, 11) is 0. The maximum Gasteiger partial charge on any atom is 0.0849 e. The molecule has 1 atom stereocenters. The first-order valence-corrected chi connectivity index (χ1v) is 6.75. The Morgan fingerprint density at radius 3 is 2.94 bits per heavy atom. The molecule has 0 aromatic carbocycles. The van der Waals surface area contributed by atoms with E-state index >= 15 is 0 Å². The van der Waals surface area contributed by atoms with Gasteiger partial charge in [0.2, 0.25) is 0 Å². The number of piperidine rings is 1. The highest BCUT2D eigenvalue weighted by molar-refractivity contribution is 5.15. The summed E-state index contributed by atoms with van der Waals surface area (Å²) < 4.78 is 2.03. The Kier molecular flexibility index (Phi) is 3.16. The van der Waals surface area contributed by atoms with E-state index in [1.807, 2.05) is 4.68 Å². The van der Waals surface area contributed by atoms with Crippen molar-refractivity contribution >= 4 is 0 Å². The molecule has 1 aliphatic heterocycles. The normalized spacial score (nSPS) is 25.1. The Balaban J connectivity index is 1.76. The largest absolute Gasteiger partial charge is 0.390 e. The van der Waals surface area contributed by atoms with Crippen LogP contribution in [-0.2, 0) is 13.2 Å². The molecule has 2 aliphatic rings. The molecule has 2 heterocycles. The van der Waals surface area contributed by atoms with Gasteiger partial charge in [0.1, 0.15) is 0 Å². The Labute approximate surface area is 102 Å². The lowest BCUT2D eigenvalue weighted by atomic mass is 9.96. The number of rotatable bonds is 4. The predicted octanol–water partition coefficient (Wildman–Crippen LogP) is 1.25. The van der Waals surface area contributed by atoms with E-state index in [2.05, 4.69) is 11.4 Å². The zero-order chi connectivity index (χ0) is 11.7. The fourth-order valence-corrected chi connectivity index (χ4v) is 2.61. The lowest BCUT2D eigenvalue weighted by Crippen LogP contribution is -2.28. The fraction of sp³-hybridized carbons (Fsp3) is 0.769. The van der Waals surface area contributed by atoms with Crippen LogP contribution in [0.5, 0.6) is 0 Å². The van der Waals surface area contributed by atoms with Gasteiger partial charge < -0.3 is 10.4 Å². The summed E-state index contributed by atoms with van der Waals surface area (Å²) in [5.74, 6) is 1.34. The van der Waals surface area contributed by atoms with Crippen molar-refractivity contribution in [2.75, 3.05) is 13.1 Å². The molecule has 3 rings (SSSR count). The molecule has 1 unspecified atom stereocenters. The quantitative estimate of drug-likeness (QED) is 0.826. The average molecular weight is 235 g/mol. The minimum atomic E-state index is 0.111. The first-order valence-electron chi connectivity index (χ1n) is 6.75. The second-order valence-corrected chi connectivity index (χ2v) is 5.39. The number of aromatic nitrogens is 2. The van der Waals surface area contributed by atoms with Crippen LogP contribution in [0, 0.1) is 5.92 Å². The molecule has 0 radical (unpaired) electrons. The molecule has 0 bridgehead atoms. The maximum absolute atomic E-state index is 9.39. The molecule has 2 fully saturated rings. The summed E-state index contributed by atoms with van der Waals surface area (Å²) in [5, 5.41) is 17.5. The van der Waals surface area contributed by atoms with E-state index in [1.165, 1.54) is 31.4 Å². The molecular formula is C13H21N3O. The lowest BCUT2D eigenvalue weighted by Gasteiger charge is -2.20. The molecule has 0 spiro atoms. The Hall–Kier alpha value is -0.870. The Bertz CT molecular complexity index is 378. The molecule has 2 N–H and O–H groups in total. The Morgan fingerprint density at radius 2 is 2.29 bits per heavy atom. The third-order valence-electron chi connectivity index (χ3n) is 3.89. The van der Waals surface area contributed by atoms with Crippen LogP contribution < -0.4 is 5.32 Å². The van der Waals surface area contributed by atoms with Gasteiger partial charge in [-0.1, -0.05) is 0 Å². The van der Waals surface area contributed by atoms with Crippen molar-refractivity contribution in [3.8, 4) is 0 Å². The number of nitrogens with one attached hydrogen (secondary N) is 1. The first kappa shape index (κ1) is 11.2. The average Bonchev–Trinajstić information content (AvgIpc) is 3.09. The number of hydrogen-bond acceptors (Lipinski definition) is 3. The molecule has 94 valence electrons. The van der Waals surface area contributed by atoms with Gasteiger partial charge in [-0.25, -0.2) is 0 Å². The molecule has 1 aliphatic carbocycles. The highest BCUT2D eigenvalue weighted by atomic mass is 16.3. The molecule has 0 amide bonds. The standard InChI is InChI=1S/C13H21N3O/c17-9-12-6-13(11-2-1-5-14-7-11)15-16(12)8-10-3-4-10/h6,10-11,14,17H,1-5,7-9H2. The van der Waals surface area contributed by atoms with E-state index in [4.69, 9.17) is 5.10 Å². The number of nitrogens with zero attached hydrogens (tertiary/aromatic N) is 2. The molecule has 1 saturated heterocycles. The van der Waals surface area contributed by atoms with Crippen molar-refractivity contribution in [3.05, 3.63) is 17.5 Å². The third kappa shape index (κ3) is 2.53. The molecule has 4 nitrogen and oxygen atoms in total. The second kappa shape index (κ2) is 4.78. The van der Waals surface area contributed by atoms with Crippen LogP contribution in [0.4, 0.5) is 0 Å². The number of aliphatic hydroxyl groups is 1. The monoisotopic (exact) mass is 235 g/mol. The van der Waals surface area contributed by atoms with Crippen molar-refractivity contribution in [1.29, 1.82) is 0 Å². The summed E-state index contributed by atoms with van der Waals surface area (Å²) in [6.07, 6.45) is 5.10. The van der Waals surface area contributed by atoms with Gasteiger partial charge >= 0.3 is 0 Å². The summed E-state index contributed by atoms with van der Waals surface area (Å²) in [6.45, 7) is 3.27. The van der Waals surface area contributed by atoms with E-state index < -0.39 is 0 Å². The van der Waals surface area contributed by atoms with Crippen LogP contribution in [0.2, 0.25) is 0 Å². The minimum Gasteiger partial charge on any atom is -0.390 e. The van der Waals surface area contributed by atoms with E-state index in [9.17, 15) is 5.11 Å². The van der Waals surface area contributed by atoms with Gasteiger partial charge in [0, 0.05) is 19.0 Å². The minimum absolute atomic E-state index is 0.111. The molecule has 4 heteroatoms. The van der Waals surface area contributed by atoms with Gasteiger partial charge in [-0.15, -0.1) is 0 Å². The van der Waals surface area contributed by atoms with Crippen molar-refractivity contribution in [3.63, 3.8) is 0 Å². The van der Waals surface area contributed by atoms with E-state index in [0.717, 1.165) is 31.2 Å². The van der Waals surface area contributed by atoms with Crippen LogP contribution in [0.1, 0.15) is 43.0 Å². The van der Waals surface area contributed by atoms with Crippen LogP contribution in [0.15, 0.2) is 6.07 Å². The highest BCUT2D eigenvalue weighted by Gasteiger charge is 2.25. The maximum atomic E-state index is 9.39. The second-order valence-electron chi connectivity index (χ2n) is 5.39. The third-order valence-corrected chi connectivity index (χ3v) is 3.89. The first-order chi connectivity index (χ1) is 8.36. The number of aliphatic hydroxyl groups excluding tert-OH is 1. The topological polar surface area (TPSA) is 50.1 Å². The summed E-state index contributed by atoms with van der Waals surface area (Å²) in [6, 6.07) is 2.10. The van der Waals surface area contributed by atoms with Crippen LogP contribution >= 0.6 is 0 Å². The summed E-state index contributed by atoms with van der Waals surface area (Å²) in [4.78, 5) is 0. The van der Waals surface area contributed by atoms with Crippen molar-refractivity contribution in [1.82, 2.24) is 15.1 Å². The summed E-state index contributed by atoms with van der Waals surface area (Å²) >= 11 is 0. The fourth-order valence-electron chi connectivity index (χ4n) is 2.61. The predicted molar refractivity (Wildman–Crippen MR) is 65.7 cm³/mol. The van der Waals surface area contributed by atoms with E-state index in [0.29, 0.717) is 5.92 Å². The molecule has 1 saturated carbocycles. The molecule has 17 heavy (non-hydrogen) atoms.